The molecule has 3 aromatic heterocycles. The normalized spacial score (nSPS) is 17.4. The van der Waals surface area contributed by atoms with Gasteiger partial charge in [0, 0.05) is 35.9 Å². The van der Waals surface area contributed by atoms with Gasteiger partial charge >= 0.3 is 12.9 Å². The Balaban J connectivity index is 1.41. The highest BCUT2D eigenvalue weighted by Gasteiger charge is 2.54. The van der Waals surface area contributed by atoms with Gasteiger partial charge in [-0.1, -0.05) is 30.3 Å². The third-order valence-electron chi connectivity index (χ3n) is 9.01. The molecular formula is C33H32BF2N3O3S. The number of esters is 1. The van der Waals surface area contributed by atoms with Crippen LogP contribution in [-0.4, -0.2) is 39.1 Å². The molecule has 0 bridgehead atoms. The van der Waals surface area contributed by atoms with E-state index in [2.05, 4.69) is 0 Å². The molecule has 0 unspecified atom stereocenters. The number of rotatable bonds is 6. The summed E-state index contributed by atoms with van der Waals surface area (Å²) < 4.78 is 41.2. The minimum Gasteiger partial charge on any atom is -0.464 e. The summed E-state index contributed by atoms with van der Waals surface area (Å²) in [6.45, 7) is 3.22. The monoisotopic (exact) mass is 599 g/mol. The van der Waals surface area contributed by atoms with Gasteiger partial charge in [-0.2, -0.15) is 0 Å². The SMILES string of the molecule is COC(=O)c1c(-c2ccccc2)sc2c(C3CC3)c(CCC3=C4C(C)=CC(C)=[N+]4[B-](F)(F)n4c(C)cc(C)c43)cc(=O)n12. The molecule has 1 fully saturated rings. The Morgan fingerprint density at radius 3 is 2.49 bits per heavy atom. The molecule has 1 aliphatic carbocycles. The van der Waals surface area contributed by atoms with E-state index in [0.29, 0.717) is 40.5 Å². The van der Waals surface area contributed by atoms with E-state index >= 15 is 8.63 Å². The van der Waals surface area contributed by atoms with Crippen LogP contribution in [0.1, 0.15) is 77.6 Å². The largest absolute Gasteiger partial charge is 0.737 e. The number of hydrogen-bond donors (Lipinski definition) is 0. The first-order chi connectivity index (χ1) is 20.5. The summed E-state index contributed by atoms with van der Waals surface area (Å²) in [5.74, 6) is -0.274. The maximum atomic E-state index is 16.0. The average molecular weight is 600 g/mol. The van der Waals surface area contributed by atoms with Crippen molar-refractivity contribution in [2.24, 2.45) is 0 Å². The first-order valence-electron chi connectivity index (χ1n) is 14.7. The quantitative estimate of drug-likeness (QED) is 0.175. The fourth-order valence-corrected chi connectivity index (χ4v) is 8.62. The number of nitrogens with zero attached hydrogens (tertiary/aromatic N) is 3. The van der Waals surface area contributed by atoms with Crippen molar-refractivity contribution in [1.29, 1.82) is 0 Å². The van der Waals surface area contributed by atoms with Gasteiger partial charge < -0.3 is 22.3 Å². The highest BCUT2D eigenvalue weighted by Crippen LogP contribution is 2.48. The molecule has 5 heterocycles. The van der Waals surface area contributed by atoms with Gasteiger partial charge in [0.2, 0.25) is 0 Å². The Morgan fingerprint density at radius 2 is 1.81 bits per heavy atom. The second-order valence-electron chi connectivity index (χ2n) is 11.9. The lowest BCUT2D eigenvalue weighted by Crippen LogP contribution is -2.51. The lowest BCUT2D eigenvalue weighted by atomic mass is 9.84. The Morgan fingerprint density at radius 1 is 1.09 bits per heavy atom. The molecule has 2 aliphatic heterocycles. The van der Waals surface area contributed by atoms with Crippen LogP contribution in [0.3, 0.4) is 0 Å². The molecule has 4 aromatic rings. The topological polar surface area (TPSA) is 55.7 Å². The molecule has 0 saturated heterocycles. The van der Waals surface area contributed by atoms with Gasteiger partial charge in [0.1, 0.15) is 10.5 Å². The molecule has 0 N–H and O–H groups in total. The van der Waals surface area contributed by atoms with E-state index in [-0.39, 0.29) is 17.2 Å². The standard InChI is InChI=1S/C33H32BF2N3O3S/c1-18-15-20(3)38-28(18)25(29-19(2)16-21(4)39(29)34(38,35)36)14-13-24-17-26(40)37-30(33(41)42-5)31(23-9-7-6-8-10-23)43-32(37)27(24)22-11-12-22/h6-10,15-17,22H,11-14H2,1-5H3. The van der Waals surface area contributed by atoms with Crippen LogP contribution in [0.15, 0.2) is 64.6 Å². The molecule has 1 saturated carbocycles. The number of allylic oxidation sites excluding steroid dienone is 3. The van der Waals surface area contributed by atoms with Gasteiger partial charge in [-0.15, -0.1) is 11.3 Å². The molecule has 3 aliphatic rings. The molecule has 0 radical (unpaired) electrons. The van der Waals surface area contributed by atoms with Crippen molar-refractivity contribution in [2.75, 3.05) is 7.11 Å². The van der Waals surface area contributed by atoms with E-state index in [1.807, 2.05) is 56.3 Å². The van der Waals surface area contributed by atoms with E-state index in [1.54, 1.807) is 19.9 Å². The molecule has 0 atom stereocenters. The summed E-state index contributed by atoms with van der Waals surface area (Å²) in [6.07, 6.45) is 4.85. The van der Waals surface area contributed by atoms with Crippen LogP contribution in [-0.2, 0) is 11.2 Å². The van der Waals surface area contributed by atoms with Crippen molar-refractivity contribution in [1.82, 2.24) is 8.88 Å². The number of carbonyl (C=O) groups excluding carboxylic acids is 1. The van der Waals surface area contributed by atoms with Gasteiger partial charge in [-0.3, -0.25) is 9.20 Å². The number of fused-ring (bicyclic) bond motifs is 3. The van der Waals surface area contributed by atoms with Gasteiger partial charge in [0.15, 0.2) is 11.4 Å². The van der Waals surface area contributed by atoms with Crippen LogP contribution in [0.25, 0.3) is 20.8 Å². The van der Waals surface area contributed by atoms with Crippen molar-refractivity contribution in [3.8, 4) is 10.4 Å². The van der Waals surface area contributed by atoms with Crippen molar-refractivity contribution in [3.63, 3.8) is 0 Å². The third-order valence-corrected chi connectivity index (χ3v) is 10.2. The number of carbonyl (C=O) groups is 1. The zero-order valence-corrected chi connectivity index (χ0v) is 25.6. The summed E-state index contributed by atoms with van der Waals surface area (Å²) in [6, 6.07) is 13.1. The summed E-state index contributed by atoms with van der Waals surface area (Å²) in [5.41, 5.74) is 7.54. The van der Waals surface area contributed by atoms with E-state index in [1.165, 1.54) is 31.8 Å². The Labute approximate surface area is 252 Å². The highest BCUT2D eigenvalue weighted by atomic mass is 32.1. The Bertz CT molecular complexity index is 2030. The molecule has 43 heavy (non-hydrogen) atoms. The Hall–Kier alpha value is -4.05. The van der Waals surface area contributed by atoms with E-state index < -0.39 is 12.9 Å². The number of pyridine rings is 1. The average Bonchev–Trinajstić information content (AvgIpc) is 3.54. The molecule has 10 heteroatoms. The summed E-state index contributed by atoms with van der Waals surface area (Å²) in [7, 11) is 1.33. The molecule has 6 nitrogen and oxygen atoms in total. The van der Waals surface area contributed by atoms with Crippen molar-refractivity contribution in [2.45, 2.75) is 59.3 Å². The van der Waals surface area contributed by atoms with Crippen LogP contribution >= 0.6 is 11.3 Å². The van der Waals surface area contributed by atoms with Gasteiger partial charge in [-0.05, 0) is 86.4 Å². The van der Waals surface area contributed by atoms with Crippen LogP contribution < -0.4 is 5.56 Å². The second-order valence-corrected chi connectivity index (χ2v) is 12.9. The van der Waals surface area contributed by atoms with Gasteiger partial charge in [0.05, 0.1) is 12.0 Å². The molecular weight excluding hydrogens is 567 g/mol. The fraction of sp³-hybridized carbons (Fsp3) is 0.303. The molecule has 1 aromatic carbocycles. The highest BCUT2D eigenvalue weighted by molar-refractivity contribution is 7.21. The van der Waals surface area contributed by atoms with Crippen LogP contribution in [0.2, 0.25) is 0 Å². The second kappa shape index (κ2) is 9.74. The van der Waals surface area contributed by atoms with E-state index in [0.717, 1.165) is 51.1 Å². The van der Waals surface area contributed by atoms with Gasteiger partial charge in [-0.25, -0.2) is 4.79 Å². The van der Waals surface area contributed by atoms with Crippen LogP contribution in [0, 0.1) is 13.8 Å². The molecule has 220 valence electrons. The smallest absolute Gasteiger partial charge is 0.464 e. The van der Waals surface area contributed by atoms with E-state index in [9.17, 15) is 9.59 Å². The molecule has 0 spiro atoms. The van der Waals surface area contributed by atoms with Crippen molar-refractivity contribution >= 4 is 40.4 Å². The van der Waals surface area contributed by atoms with E-state index in [4.69, 9.17) is 4.74 Å². The number of aryl methyl sites for hydroxylation is 3. The maximum Gasteiger partial charge on any atom is 0.737 e. The van der Waals surface area contributed by atoms with Gasteiger partial charge in [0.25, 0.3) is 5.56 Å². The zero-order chi connectivity index (χ0) is 30.4. The minimum absolute atomic E-state index is 0.242. The van der Waals surface area contributed by atoms with Crippen molar-refractivity contribution < 1.29 is 22.6 Å². The first kappa shape index (κ1) is 27.8. The number of thiazole rings is 1. The van der Waals surface area contributed by atoms with Crippen molar-refractivity contribution in [3.05, 3.63) is 104 Å². The lowest BCUT2D eigenvalue weighted by Gasteiger charge is -2.34. The van der Waals surface area contributed by atoms with Crippen LogP contribution in [0.5, 0.6) is 0 Å². The summed E-state index contributed by atoms with van der Waals surface area (Å²) in [4.78, 5) is 28.3. The third kappa shape index (κ3) is 4.06. The summed E-state index contributed by atoms with van der Waals surface area (Å²) >= 11 is 1.44. The number of hydrogen-bond acceptors (Lipinski definition) is 4. The molecule has 0 amide bonds. The number of ether oxygens (including phenoxy) is 1. The zero-order valence-electron chi connectivity index (χ0n) is 24.8. The predicted molar refractivity (Wildman–Crippen MR) is 168 cm³/mol. The summed E-state index contributed by atoms with van der Waals surface area (Å²) in [5, 5.41) is 0. The number of benzene rings is 1. The van der Waals surface area contributed by atoms with Crippen LogP contribution in [0.4, 0.5) is 8.63 Å². The Kier molecular flexibility index (Phi) is 6.29. The number of methoxy groups -OCH3 is 1. The maximum absolute atomic E-state index is 16.0. The number of halogens is 2. The minimum atomic E-state index is -4.04. The predicted octanol–water partition coefficient (Wildman–Crippen LogP) is 7.12. The first-order valence-corrected chi connectivity index (χ1v) is 15.5. The molecule has 7 rings (SSSR count). The fourth-order valence-electron chi connectivity index (χ4n) is 7.22. The lowest BCUT2D eigenvalue weighted by molar-refractivity contribution is -0.363. The number of aromatic nitrogens is 2.